The molecule has 0 aliphatic carbocycles. The Kier molecular flexibility index (Phi) is 5.18. The van der Waals surface area contributed by atoms with E-state index in [0.717, 1.165) is 6.54 Å². The molecule has 0 bridgehead atoms. The quantitative estimate of drug-likeness (QED) is 0.324. The molecule has 1 heterocycles. The Morgan fingerprint density at radius 2 is 2.33 bits per heavy atom. The number of tetrazole rings is 1. The molecule has 6 heteroatoms. The third-order valence-corrected chi connectivity index (χ3v) is 1.09. The second kappa shape index (κ2) is 4.70. The summed E-state index contributed by atoms with van der Waals surface area (Å²) in [6.45, 7) is 2.68. The van der Waals surface area contributed by atoms with Gasteiger partial charge >= 0.3 is 51.4 Å². The van der Waals surface area contributed by atoms with E-state index in [1.54, 1.807) is 4.68 Å². The van der Waals surface area contributed by atoms with E-state index in [4.69, 9.17) is 12.6 Å². The molecule has 0 saturated heterocycles. The molecule has 0 aliphatic heterocycles. The van der Waals surface area contributed by atoms with Crippen LogP contribution in [0.4, 0.5) is 0 Å². The van der Waals surface area contributed by atoms with Crippen LogP contribution in [-0.4, -0.2) is 20.2 Å². The first-order valence-electron chi connectivity index (χ1n) is 2.27. The number of rotatable bonds is 1. The maximum absolute atomic E-state index is 4.71. The van der Waals surface area contributed by atoms with Crippen molar-refractivity contribution in [2.75, 3.05) is 0 Å². The molecule has 9 heavy (non-hydrogen) atoms. The van der Waals surface area contributed by atoms with Crippen molar-refractivity contribution in [3.63, 3.8) is 0 Å². The van der Waals surface area contributed by atoms with Gasteiger partial charge in [-0.05, 0) is 17.4 Å². The fourth-order valence-corrected chi connectivity index (χ4v) is 0.597. The van der Waals surface area contributed by atoms with Crippen LogP contribution in [0.15, 0.2) is 5.16 Å². The molecule has 0 aromatic carbocycles. The van der Waals surface area contributed by atoms with Crippen LogP contribution in [0.1, 0.15) is 6.92 Å². The molecule has 0 N–H and O–H groups in total. The Bertz CT molecular complexity index is 176. The normalized spacial score (nSPS) is 8.56. The standard InChI is InChI=1S/C3H6N4S.K/c1-2-7-3(8)4-5-6-7;/h2H2,1H3,(H,4,6,8);/q;+1/p-1. The number of aryl methyl sites for hydroxylation is 1. The SMILES string of the molecule is CCn1nnnc1[S-].[K+]. The molecule has 44 valence electrons. The maximum atomic E-state index is 4.71. The number of nitrogens with zero attached hydrogens (tertiary/aromatic N) is 4. The van der Waals surface area contributed by atoms with E-state index in [2.05, 4.69) is 15.5 Å². The Morgan fingerprint density at radius 3 is 2.56 bits per heavy atom. The summed E-state index contributed by atoms with van der Waals surface area (Å²) in [7, 11) is 0. The largest absolute Gasteiger partial charge is 1.00 e. The van der Waals surface area contributed by atoms with Crippen molar-refractivity contribution in [3.8, 4) is 0 Å². The van der Waals surface area contributed by atoms with Crippen molar-refractivity contribution in [3.05, 3.63) is 0 Å². The van der Waals surface area contributed by atoms with Gasteiger partial charge in [0.1, 0.15) is 0 Å². The predicted molar refractivity (Wildman–Crippen MR) is 29.1 cm³/mol. The third kappa shape index (κ3) is 2.56. The monoisotopic (exact) mass is 168 g/mol. The molecule has 0 aliphatic rings. The van der Waals surface area contributed by atoms with E-state index >= 15 is 0 Å². The van der Waals surface area contributed by atoms with Crippen LogP contribution in [0.5, 0.6) is 0 Å². The Balaban J connectivity index is 0.000000640. The van der Waals surface area contributed by atoms with Crippen LogP contribution >= 0.6 is 0 Å². The molecular formula is C3H5KN4S. The second-order valence-corrected chi connectivity index (χ2v) is 1.64. The van der Waals surface area contributed by atoms with Crippen LogP contribution in [-0.2, 0) is 19.2 Å². The molecule has 0 radical (unpaired) electrons. The van der Waals surface area contributed by atoms with Crippen molar-refractivity contribution in [1.29, 1.82) is 0 Å². The molecule has 0 amide bonds. The van der Waals surface area contributed by atoms with E-state index in [-0.39, 0.29) is 51.4 Å². The molecular weight excluding hydrogens is 163 g/mol. The summed E-state index contributed by atoms with van der Waals surface area (Å²) in [6.07, 6.45) is 0. The zero-order valence-electron chi connectivity index (χ0n) is 5.40. The predicted octanol–water partition coefficient (Wildman–Crippen LogP) is -3.40. The summed E-state index contributed by atoms with van der Waals surface area (Å²) in [5, 5.41) is 10.9. The molecule has 0 saturated carbocycles. The van der Waals surface area contributed by atoms with Crippen molar-refractivity contribution in [2.45, 2.75) is 18.6 Å². The topological polar surface area (TPSA) is 43.6 Å². The Labute approximate surface area is 101 Å². The number of aromatic nitrogens is 4. The summed E-state index contributed by atoms with van der Waals surface area (Å²) in [5.41, 5.74) is 0. The third-order valence-electron chi connectivity index (χ3n) is 0.799. The van der Waals surface area contributed by atoms with Crippen LogP contribution < -0.4 is 51.4 Å². The number of hydrogen-bond acceptors (Lipinski definition) is 4. The minimum atomic E-state index is 0. The molecule has 0 spiro atoms. The summed E-state index contributed by atoms with van der Waals surface area (Å²) < 4.78 is 1.55. The van der Waals surface area contributed by atoms with Gasteiger partial charge in [-0.3, -0.25) is 4.68 Å². The summed E-state index contributed by atoms with van der Waals surface area (Å²) in [4.78, 5) is 0. The van der Waals surface area contributed by atoms with Gasteiger partial charge in [0.05, 0.1) is 0 Å². The molecule has 1 aromatic heterocycles. The van der Waals surface area contributed by atoms with Gasteiger partial charge in [-0.25, -0.2) is 0 Å². The van der Waals surface area contributed by atoms with E-state index < -0.39 is 0 Å². The molecule has 1 rings (SSSR count). The molecule has 1 aromatic rings. The van der Waals surface area contributed by atoms with Gasteiger partial charge in [0.2, 0.25) is 0 Å². The minimum Gasteiger partial charge on any atom is -0.739 e. The summed E-state index contributed by atoms with van der Waals surface area (Å²) >= 11 is 4.71. The first-order valence-corrected chi connectivity index (χ1v) is 2.68. The van der Waals surface area contributed by atoms with E-state index in [9.17, 15) is 0 Å². The van der Waals surface area contributed by atoms with Crippen molar-refractivity contribution >= 4 is 12.6 Å². The summed E-state index contributed by atoms with van der Waals surface area (Å²) in [6, 6.07) is 0. The molecule has 0 fully saturated rings. The fraction of sp³-hybridized carbons (Fsp3) is 0.667. The first kappa shape index (κ1) is 9.93. The smallest absolute Gasteiger partial charge is 0.739 e. The molecule has 0 atom stereocenters. The second-order valence-electron chi connectivity index (χ2n) is 1.28. The van der Waals surface area contributed by atoms with Crippen molar-refractivity contribution in [2.24, 2.45) is 0 Å². The van der Waals surface area contributed by atoms with Crippen LogP contribution in [0.3, 0.4) is 0 Å². The van der Waals surface area contributed by atoms with Crippen molar-refractivity contribution < 1.29 is 51.4 Å². The van der Waals surface area contributed by atoms with Gasteiger partial charge in [-0.1, -0.05) is 0 Å². The van der Waals surface area contributed by atoms with E-state index in [1.165, 1.54) is 0 Å². The zero-order chi connectivity index (χ0) is 5.98. The Hall–Kier alpha value is 0.926. The summed E-state index contributed by atoms with van der Waals surface area (Å²) in [5.74, 6) is 0. The van der Waals surface area contributed by atoms with Crippen LogP contribution in [0, 0.1) is 0 Å². The van der Waals surface area contributed by atoms with Gasteiger partial charge in [-0.2, -0.15) is 0 Å². The van der Waals surface area contributed by atoms with E-state index in [1.807, 2.05) is 6.92 Å². The van der Waals surface area contributed by atoms with Gasteiger partial charge in [-0.15, -0.1) is 5.10 Å². The van der Waals surface area contributed by atoms with Gasteiger partial charge in [0.15, 0.2) is 0 Å². The van der Waals surface area contributed by atoms with Gasteiger partial charge in [0.25, 0.3) is 0 Å². The fourth-order valence-electron chi connectivity index (χ4n) is 0.395. The van der Waals surface area contributed by atoms with Gasteiger partial charge in [0, 0.05) is 11.7 Å². The minimum absolute atomic E-state index is 0. The zero-order valence-corrected chi connectivity index (χ0v) is 9.34. The molecule has 0 unspecified atom stereocenters. The van der Waals surface area contributed by atoms with Gasteiger partial charge < -0.3 is 12.6 Å². The van der Waals surface area contributed by atoms with Crippen LogP contribution in [0.2, 0.25) is 0 Å². The average molecular weight is 168 g/mol. The first-order chi connectivity index (χ1) is 3.84. The maximum Gasteiger partial charge on any atom is 1.00 e. The molecule has 4 nitrogen and oxygen atoms in total. The van der Waals surface area contributed by atoms with Crippen LogP contribution in [0.25, 0.3) is 0 Å². The number of hydrogen-bond donors (Lipinski definition) is 0. The van der Waals surface area contributed by atoms with Crippen molar-refractivity contribution in [1.82, 2.24) is 20.2 Å². The van der Waals surface area contributed by atoms with E-state index in [0.29, 0.717) is 5.16 Å². The average Bonchev–Trinajstić information content (AvgIpc) is 2.14. The Morgan fingerprint density at radius 1 is 1.67 bits per heavy atom.